The fraction of sp³-hybridized carbons (Fsp3) is 0.429. The van der Waals surface area contributed by atoms with E-state index in [4.69, 9.17) is 4.74 Å². The van der Waals surface area contributed by atoms with Crippen LogP contribution in [-0.2, 0) is 14.3 Å². The molecule has 106 valence electrons. The predicted molar refractivity (Wildman–Crippen MR) is 66.4 cm³/mol. The number of carboxylic acids is 1. The zero-order chi connectivity index (χ0) is 14.3. The minimum Gasteiger partial charge on any atom is -0.479 e. The Kier molecular flexibility index (Phi) is 3.17. The predicted octanol–water partition coefficient (Wildman–Crippen LogP) is 1.34. The highest BCUT2D eigenvalue weighted by Gasteiger charge is 2.47. The van der Waals surface area contributed by atoms with Crippen LogP contribution < -0.4 is 0 Å². The monoisotopic (exact) mass is 279 g/mol. The summed E-state index contributed by atoms with van der Waals surface area (Å²) >= 11 is 0. The molecular weight excluding hydrogens is 265 g/mol. The Morgan fingerprint density at radius 2 is 2.15 bits per heavy atom. The largest absolute Gasteiger partial charge is 0.479 e. The summed E-state index contributed by atoms with van der Waals surface area (Å²) in [6.07, 6.45) is 0.545. The Morgan fingerprint density at radius 1 is 1.40 bits per heavy atom. The third-order valence-electron chi connectivity index (χ3n) is 3.63. The number of morpholine rings is 1. The minimum atomic E-state index is -1.16. The first-order chi connectivity index (χ1) is 9.58. The van der Waals surface area contributed by atoms with Crippen LogP contribution in [0, 0.1) is 5.82 Å². The first kappa shape index (κ1) is 13.1. The first-order valence-corrected chi connectivity index (χ1v) is 6.49. The van der Waals surface area contributed by atoms with E-state index < -0.39 is 23.9 Å². The van der Waals surface area contributed by atoms with E-state index in [1.165, 1.54) is 18.2 Å². The topological polar surface area (TPSA) is 66.8 Å². The standard InChI is InChI=1S/C14H14FNO4/c15-9-3-1-2-8(6-9)12-13(14(18)19)20-7-11(17)16(12)10-4-5-10/h1-3,6,10,12-13H,4-5,7H2,(H,18,19). The Labute approximate surface area is 114 Å². The quantitative estimate of drug-likeness (QED) is 0.906. The molecule has 0 bridgehead atoms. The number of carbonyl (C=O) groups is 2. The van der Waals surface area contributed by atoms with Crippen LogP contribution in [0.25, 0.3) is 0 Å². The normalized spacial score (nSPS) is 26.6. The molecular formula is C14H14FNO4. The van der Waals surface area contributed by atoms with Crippen LogP contribution in [-0.4, -0.2) is 40.6 Å². The lowest BCUT2D eigenvalue weighted by Gasteiger charge is -2.39. The number of carboxylic acid groups (broad SMARTS) is 1. The van der Waals surface area contributed by atoms with Gasteiger partial charge in [0.05, 0.1) is 6.04 Å². The third kappa shape index (κ3) is 2.27. The number of hydrogen-bond donors (Lipinski definition) is 1. The lowest BCUT2D eigenvalue weighted by Crippen LogP contribution is -2.52. The van der Waals surface area contributed by atoms with Gasteiger partial charge in [-0.1, -0.05) is 12.1 Å². The van der Waals surface area contributed by atoms with E-state index >= 15 is 0 Å². The van der Waals surface area contributed by atoms with Gasteiger partial charge in [-0.05, 0) is 30.5 Å². The maximum atomic E-state index is 13.4. The SMILES string of the molecule is O=C(O)C1OCC(=O)N(C2CC2)C1c1cccc(F)c1. The third-order valence-corrected chi connectivity index (χ3v) is 3.63. The second-order valence-corrected chi connectivity index (χ2v) is 5.10. The fourth-order valence-electron chi connectivity index (χ4n) is 2.64. The van der Waals surface area contributed by atoms with Crippen molar-refractivity contribution in [3.05, 3.63) is 35.6 Å². The van der Waals surface area contributed by atoms with Gasteiger partial charge >= 0.3 is 5.97 Å². The number of ether oxygens (including phenoxy) is 1. The van der Waals surface area contributed by atoms with E-state index in [9.17, 15) is 19.1 Å². The molecule has 1 N–H and O–H groups in total. The summed E-state index contributed by atoms with van der Waals surface area (Å²) in [4.78, 5) is 24.9. The molecule has 1 aromatic rings. The molecule has 2 fully saturated rings. The molecule has 1 amide bonds. The molecule has 1 aliphatic carbocycles. The molecule has 1 saturated heterocycles. The second-order valence-electron chi connectivity index (χ2n) is 5.10. The zero-order valence-electron chi connectivity index (χ0n) is 10.7. The van der Waals surface area contributed by atoms with Crippen molar-refractivity contribution in [2.45, 2.75) is 31.0 Å². The maximum absolute atomic E-state index is 13.4. The second kappa shape index (κ2) is 4.86. The summed E-state index contributed by atoms with van der Waals surface area (Å²) in [5.74, 6) is -1.84. The van der Waals surface area contributed by atoms with Crippen molar-refractivity contribution < 1.29 is 23.8 Å². The molecule has 5 nitrogen and oxygen atoms in total. The van der Waals surface area contributed by atoms with Crippen molar-refractivity contribution in [3.63, 3.8) is 0 Å². The van der Waals surface area contributed by atoms with Crippen LogP contribution in [0.4, 0.5) is 4.39 Å². The average Bonchev–Trinajstić information content (AvgIpc) is 3.22. The average molecular weight is 279 g/mol. The van der Waals surface area contributed by atoms with Crippen molar-refractivity contribution >= 4 is 11.9 Å². The molecule has 2 aliphatic rings. The highest BCUT2D eigenvalue weighted by atomic mass is 19.1. The summed E-state index contributed by atoms with van der Waals surface area (Å²) < 4.78 is 18.6. The van der Waals surface area contributed by atoms with Crippen LogP contribution >= 0.6 is 0 Å². The highest BCUT2D eigenvalue weighted by Crippen LogP contribution is 2.39. The van der Waals surface area contributed by atoms with Crippen molar-refractivity contribution in [2.75, 3.05) is 6.61 Å². The molecule has 6 heteroatoms. The molecule has 0 spiro atoms. The number of rotatable bonds is 3. The van der Waals surface area contributed by atoms with Gasteiger partial charge in [0, 0.05) is 6.04 Å². The molecule has 0 aromatic heterocycles. The molecule has 2 unspecified atom stereocenters. The molecule has 20 heavy (non-hydrogen) atoms. The maximum Gasteiger partial charge on any atom is 0.335 e. The van der Waals surface area contributed by atoms with E-state index in [2.05, 4.69) is 0 Å². The van der Waals surface area contributed by atoms with Gasteiger partial charge in [-0.25, -0.2) is 9.18 Å². The number of nitrogens with zero attached hydrogens (tertiary/aromatic N) is 1. The smallest absolute Gasteiger partial charge is 0.335 e. The molecule has 2 atom stereocenters. The van der Waals surface area contributed by atoms with Crippen LogP contribution in [0.3, 0.4) is 0 Å². The Hall–Kier alpha value is -1.95. The van der Waals surface area contributed by atoms with Crippen LogP contribution in [0.1, 0.15) is 24.4 Å². The Morgan fingerprint density at radius 3 is 2.75 bits per heavy atom. The van der Waals surface area contributed by atoms with Gasteiger partial charge in [0.15, 0.2) is 6.10 Å². The van der Waals surface area contributed by atoms with Crippen molar-refractivity contribution in [1.29, 1.82) is 0 Å². The van der Waals surface area contributed by atoms with Crippen molar-refractivity contribution in [3.8, 4) is 0 Å². The Balaban J connectivity index is 2.02. The lowest BCUT2D eigenvalue weighted by atomic mass is 9.97. The molecule has 1 aliphatic heterocycles. The number of benzene rings is 1. The summed E-state index contributed by atoms with van der Waals surface area (Å²) in [5, 5.41) is 9.29. The molecule has 1 saturated carbocycles. The van der Waals surface area contributed by atoms with E-state index in [-0.39, 0.29) is 18.6 Å². The number of aliphatic carboxylic acids is 1. The van der Waals surface area contributed by atoms with Crippen LogP contribution in [0.2, 0.25) is 0 Å². The summed E-state index contributed by atoms with van der Waals surface area (Å²) in [6.45, 7) is -0.237. The number of hydrogen-bond acceptors (Lipinski definition) is 3. The molecule has 1 heterocycles. The van der Waals surface area contributed by atoms with E-state index in [1.54, 1.807) is 11.0 Å². The zero-order valence-corrected chi connectivity index (χ0v) is 10.7. The number of carbonyl (C=O) groups excluding carboxylic acids is 1. The molecule has 3 rings (SSSR count). The van der Waals surface area contributed by atoms with Gasteiger partial charge in [-0.3, -0.25) is 4.79 Å². The van der Waals surface area contributed by atoms with E-state index in [0.29, 0.717) is 5.56 Å². The summed E-state index contributed by atoms with van der Waals surface area (Å²) in [5.41, 5.74) is 0.456. The van der Waals surface area contributed by atoms with E-state index in [0.717, 1.165) is 12.8 Å². The van der Waals surface area contributed by atoms with Gasteiger partial charge in [0.1, 0.15) is 12.4 Å². The number of amides is 1. The van der Waals surface area contributed by atoms with Gasteiger partial charge in [0.25, 0.3) is 0 Å². The van der Waals surface area contributed by atoms with Gasteiger partial charge in [-0.2, -0.15) is 0 Å². The first-order valence-electron chi connectivity index (χ1n) is 6.49. The lowest BCUT2D eigenvalue weighted by molar-refractivity contribution is -0.174. The summed E-state index contributed by atoms with van der Waals surface area (Å²) in [6, 6.07) is 4.96. The minimum absolute atomic E-state index is 0.0431. The van der Waals surface area contributed by atoms with Gasteiger partial charge in [-0.15, -0.1) is 0 Å². The Bertz CT molecular complexity index is 558. The molecule has 1 aromatic carbocycles. The molecule has 0 radical (unpaired) electrons. The van der Waals surface area contributed by atoms with Gasteiger partial charge in [0.2, 0.25) is 5.91 Å². The highest BCUT2D eigenvalue weighted by molar-refractivity contribution is 5.83. The van der Waals surface area contributed by atoms with Crippen molar-refractivity contribution in [2.24, 2.45) is 0 Å². The van der Waals surface area contributed by atoms with E-state index in [1.807, 2.05) is 0 Å². The van der Waals surface area contributed by atoms with Crippen LogP contribution in [0.5, 0.6) is 0 Å². The van der Waals surface area contributed by atoms with Gasteiger partial charge < -0.3 is 14.7 Å². The number of halogens is 1. The van der Waals surface area contributed by atoms with Crippen LogP contribution in [0.15, 0.2) is 24.3 Å². The van der Waals surface area contributed by atoms with Crippen molar-refractivity contribution in [1.82, 2.24) is 4.90 Å². The fourth-order valence-corrected chi connectivity index (χ4v) is 2.64. The summed E-state index contributed by atoms with van der Waals surface area (Å²) in [7, 11) is 0.